The van der Waals surface area contributed by atoms with Gasteiger partial charge in [-0.3, -0.25) is 22.9 Å². The number of carbonyl (C=O) groups is 1. The minimum absolute atomic E-state index is 0.0518. The van der Waals surface area contributed by atoms with Crippen molar-refractivity contribution in [2.24, 2.45) is 5.92 Å². The SMILES string of the molecule is COc1nc(N)nc2c1ncn2[C@@H]1O[C@@H]2CO[P@](=O)(OCCC(C)C(=O)O)O[C@H]2[C@@H]1O. The van der Waals surface area contributed by atoms with Crippen LogP contribution in [0.4, 0.5) is 5.95 Å². The van der Waals surface area contributed by atoms with E-state index in [9.17, 15) is 14.5 Å². The number of hydrogen-bond acceptors (Lipinski definition) is 12. The van der Waals surface area contributed by atoms with E-state index >= 15 is 0 Å². The predicted octanol–water partition coefficient (Wildman–Crippen LogP) is 0.326. The average molecular weight is 459 g/mol. The molecule has 31 heavy (non-hydrogen) atoms. The summed E-state index contributed by atoms with van der Waals surface area (Å²) >= 11 is 0. The Morgan fingerprint density at radius 2 is 2.26 bits per heavy atom. The van der Waals surface area contributed by atoms with Crippen LogP contribution in [0.1, 0.15) is 19.6 Å². The van der Waals surface area contributed by atoms with Gasteiger partial charge in [0.2, 0.25) is 11.8 Å². The first-order valence-electron chi connectivity index (χ1n) is 9.40. The van der Waals surface area contributed by atoms with Crippen LogP contribution in [0.15, 0.2) is 6.33 Å². The van der Waals surface area contributed by atoms with E-state index in [0.29, 0.717) is 5.52 Å². The lowest BCUT2D eigenvalue weighted by atomic mass is 10.1. The van der Waals surface area contributed by atoms with Gasteiger partial charge in [-0.1, -0.05) is 6.92 Å². The average Bonchev–Trinajstić information content (AvgIpc) is 3.28. The minimum Gasteiger partial charge on any atom is -0.481 e. The van der Waals surface area contributed by atoms with Crippen molar-refractivity contribution >= 4 is 30.9 Å². The zero-order chi connectivity index (χ0) is 22.3. The van der Waals surface area contributed by atoms with E-state index in [1.807, 2.05) is 0 Å². The molecule has 0 amide bonds. The Kier molecular flexibility index (Phi) is 5.85. The predicted molar refractivity (Wildman–Crippen MR) is 102 cm³/mol. The van der Waals surface area contributed by atoms with Crippen molar-refractivity contribution in [3.8, 4) is 5.88 Å². The molecule has 2 aromatic rings. The summed E-state index contributed by atoms with van der Waals surface area (Å²) in [5.74, 6) is -1.57. The molecule has 0 bridgehead atoms. The van der Waals surface area contributed by atoms with Crippen LogP contribution in [0.2, 0.25) is 0 Å². The summed E-state index contributed by atoms with van der Waals surface area (Å²) in [5.41, 5.74) is 6.31. The molecular formula is C16H22N5O9P. The number of imidazole rings is 1. The monoisotopic (exact) mass is 459 g/mol. The highest BCUT2D eigenvalue weighted by Gasteiger charge is 2.53. The molecule has 4 N–H and O–H groups in total. The molecule has 2 aliphatic heterocycles. The van der Waals surface area contributed by atoms with Crippen molar-refractivity contribution in [3.05, 3.63) is 6.33 Å². The molecular weight excluding hydrogens is 437 g/mol. The number of hydrogen-bond donors (Lipinski definition) is 3. The molecule has 14 nitrogen and oxygen atoms in total. The Labute approximate surface area is 175 Å². The van der Waals surface area contributed by atoms with Gasteiger partial charge in [0, 0.05) is 0 Å². The number of aliphatic carboxylic acids is 1. The van der Waals surface area contributed by atoms with Gasteiger partial charge in [-0.2, -0.15) is 9.97 Å². The standard InChI is InChI=1S/C16H22N5O9P/c1-7(15(23)24)3-4-27-31(25)28-5-8-11(30-31)10(22)14(29-8)21-6-18-9-12(21)19-16(17)20-13(9)26-2/h6-8,10-11,14,22H,3-5H2,1-2H3,(H,23,24)(H2,17,19,20)/t7?,8-,10+,11-,14-,31+/m1/s1. The van der Waals surface area contributed by atoms with Gasteiger partial charge in [0.05, 0.1) is 32.6 Å². The van der Waals surface area contributed by atoms with Crippen molar-refractivity contribution in [2.75, 3.05) is 26.1 Å². The summed E-state index contributed by atoms with van der Waals surface area (Å²) in [5, 5.41) is 19.7. The molecule has 0 radical (unpaired) electrons. The van der Waals surface area contributed by atoms with Crippen molar-refractivity contribution in [3.63, 3.8) is 0 Å². The molecule has 2 aromatic heterocycles. The van der Waals surface area contributed by atoms with Gasteiger partial charge in [0.1, 0.15) is 18.3 Å². The number of aliphatic hydroxyl groups is 1. The van der Waals surface area contributed by atoms with Gasteiger partial charge in [0.15, 0.2) is 17.4 Å². The third-order valence-electron chi connectivity index (χ3n) is 5.05. The molecule has 0 spiro atoms. The van der Waals surface area contributed by atoms with E-state index in [1.54, 1.807) is 0 Å². The van der Waals surface area contributed by atoms with Crippen LogP contribution in [0.3, 0.4) is 0 Å². The third kappa shape index (κ3) is 4.10. The summed E-state index contributed by atoms with van der Waals surface area (Å²) in [4.78, 5) is 23.2. The number of ether oxygens (including phenoxy) is 2. The van der Waals surface area contributed by atoms with Crippen molar-refractivity contribution in [2.45, 2.75) is 37.9 Å². The van der Waals surface area contributed by atoms with Crippen molar-refractivity contribution < 1.29 is 42.6 Å². The molecule has 170 valence electrons. The number of fused-ring (bicyclic) bond motifs is 2. The molecule has 0 aliphatic carbocycles. The Balaban J connectivity index is 1.50. The first kappa shape index (κ1) is 21.9. The summed E-state index contributed by atoms with van der Waals surface area (Å²) in [6, 6.07) is 0. The van der Waals surface area contributed by atoms with E-state index in [-0.39, 0.29) is 37.1 Å². The second-order valence-corrected chi connectivity index (χ2v) is 8.77. The Hall–Kier alpha value is -2.35. The Bertz CT molecular complexity index is 1030. The molecule has 2 saturated heterocycles. The number of aromatic nitrogens is 4. The first-order valence-corrected chi connectivity index (χ1v) is 10.9. The quantitative estimate of drug-likeness (QED) is 0.480. The summed E-state index contributed by atoms with van der Waals surface area (Å²) in [6.07, 6.45) is -2.49. The number of phosphoric acid groups is 1. The highest BCUT2D eigenvalue weighted by molar-refractivity contribution is 7.48. The Morgan fingerprint density at radius 1 is 1.48 bits per heavy atom. The second kappa shape index (κ2) is 8.30. The van der Waals surface area contributed by atoms with Crippen LogP contribution in [0.25, 0.3) is 11.2 Å². The number of nitrogens with two attached hydrogens (primary N) is 1. The largest absolute Gasteiger partial charge is 0.481 e. The van der Waals surface area contributed by atoms with E-state index < -0.39 is 44.2 Å². The zero-order valence-electron chi connectivity index (χ0n) is 16.7. The van der Waals surface area contributed by atoms with Gasteiger partial charge < -0.3 is 25.4 Å². The summed E-state index contributed by atoms with van der Waals surface area (Å²) in [7, 11) is -2.59. The highest BCUT2D eigenvalue weighted by Crippen LogP contribution is 2.56. The fraction of sp³-hybridized carbons (Fsp3) is 0.625. The lowest BCUT2D eigenvalue weighted by Gasteiger charge is -2.30. The maximum Gasteiger partial charge on any atom is 0.475 e. The highest BCUT2D eigenvalue weighted by atomic mass is 31.2. The topological polar surface area (TPSA) is 190 Å². The first-order chi connectivity index (χ1) is 14.7. The molecule has 6 atom stereocenters. The fourth-order valence-corrected chi connectivity index (χ4v) is 4.74. The molecule has 2 fully saturated rings. The number of methoxy groups -OCH3 is 1. The smallest absolute Gasteiger partial charge is 0.475 e. The molecule has 2 aliphatic rings. The van der Waals surface area contributed by atoms with Gasteiger partial charge >= 0.3 is 13.8 Å². The van der Waals surface area contributed by atoms with Crippen LogP contribution < -0.4 is 10.5 Å². The minimum atomic E-state index is -4.00. The van der Waals surface area contributed by atoms with Gasteiger partial charge in [-0.05, 0) is 6.42 Å². The lowest BCUT2D eigenvalue weighted by Crippen LogP contribution is -2.39. The second-order valence-electron chi connectivity index (χ2n) is 7.15. The molecule has 15 heteroatoms. The van der Waals surface area contributed by atoms with E-state index in [4.69, 9.17) is 33.9 Å². The molecule has 4 heterocycles. The molecule has 0 saturated carbocycles. The number of carboxylic acids is 1. The Morgan fingerprint density at radius 3 is 2.97 bits per heavy atom. The lowest BCUT2D eigenvalue weighted by molar-refractivity contribution is -0.141. The van der Waals surface area contributed by atoms with Crippen LogP contribution in [-0.2, 0) is 27.7 Å². The molecule has 4 rings (SSSR count). The van der Waals surface area contributed by atoms with Crippen molar-refractivity contribution in [1.82, 2.24) is 19.5 Å². The van der Waals surface area contributed by atoms with Gasteiger partial charge in [0.25, 0.3) is 0 Å². The van der Waals surface area contributed by atoms with Crippen molar-refractivity contribution in [1.29, 1.82) is 0 Å². The number of nitrogen functional groups attached to an aromatic ring is 1. The number of rotatable bonds is 7. The summed E-state index contributed by atoms with van der Waals surface area (Å²) < 4.78 is 41.0. The van der Waals surface area contributed by atoms with E-state index in [0.717, 1.165) is 0 Å². The normalized spacial score (nSPS) is 31.5. The zero-order valence-corrected chi connectivity index (χ0v) is 17.5. The molecule has 1 unspecified atom stereocenters. The van der Waals surface area contributed by atoms with E-state index in [1.165, 1.54) is 24.9 Å². The maximum absolute atomic E-state index is 12.8. The van der Waals surface area contributed by atoms with Crippen LogP contribution in [0, 0.1) is 5.92 Å². The summed E-state index contributed by atoms with van der Waals surface area (Å²) in [6.45, 7) is 1.20. The van der Waals surface area contributed by atoms with Gasteiger partial charge in [-0.25, -0.2) is 9.55 Å². The van der Waals surface area contributed by atoms with Crippen LogP contribution >= 0.6 is 7.82 Å². The number of carboxylic acid groups (broad SMARTS) is 1. The fourth-order valence-electron chi connectivity index (χ4n) is 3.33. The van der Waals surface area contributed by atoms with E-state index in [2.05, 4.69) is 15.0 Å². The van der Waals surface area contributed by atoms with Gasteiger partial charge in [-0.15, -0.1) is 0 Å². The van der Waals surface area contributed by atoms with Crippen LogP contribution in [-0.4, -0.2) is 74.3 Å². The number of phosphoric ester groups is 1. The van der Waals surface area contributed by atoms with Crippen LogP contribution in [0.5, 0.6) is 5.88 Å². The number of nitrogens with zero attached hydrogens (tertiary/aromatic N) is 4. The third-order valence-corrected chi connectivity index (χ3v) is 6.52. The maximum atomic E-state index is 12.8. The number of aliphatic hydroxyl groups excluding tert-OH is 1. The number of anilines is 1. The molecule has 0 aromatic carbocycles.